The van der Waals surface area contributed by atoms with Crippen molar-refractivity contribution in [2.45, 2.75) is 12.6 Å². The summed E-state index contributed by atoms with van der Waals surface area (Å²) in [6.07, 6.45) is 0. The second-order valence-corrected chi connectivity index (χ2v) is 8.23. The number of fused-ring (bicyclic) bond motifs is 4. The molecule has 2 N–H and O–H groups in total. The number of hydrogen-bond donors (Lipinski definition) is 2. The van der Waals surface area contributed by atoms with E-state index in [0.717, 1.165) is 12.1 Å². The van der Waals surface area contributed by atoms with E-state index in [9.17, 15) is 18.4 Å². The fraction of sp³-hybridized carbons (Fsp3) is 0.190. The number of nitrogens with one attached hydrogen (secondary N) is 2. The molecule has 0 bridgehead atoms. The van der Waals surface area contributed by atoms with Crippen LogP contribution in [0.3, 0.4) is 0 Å². The van der Waals surface area contributed by atoms with Gasteiger partial charge < -0.3 is 19.6 Å². The molecule has 0 unspecified atom stereocenters. The zero-order valence-electron chi connectivity index (χ0n) is 16.4. The lowest BCUT2D eigenvalue weighted by Gasteiger charge is -2.33. The van der Waals surface area contributed by atoms with Crippen LogP contribution in [0.1, 0.15) is 27.8 Å². The predicted octanol–water partition coefficient (Wildman–Crippen LogP) is 4.33. The third kappa shape index (κ3) is 3.24. The fourth-order valence-electron chi connectivity index (χ4n) is 4.05. The van der Waals surface area contributed by atoms with Crippen molar-refractivity contribution in [3.8, 4) is 0 Å². The van der Waals surface area contributed by atoms with Crippen LogP contribution < -0.4 is 5.56 Å². The number of hydrogen-bond acceptors (Lipinski definition) is 4. The van der Waals surface area contributed by atoms with Crippen LogP contribution in [-0.4, -0.2) is 39.4 Å². The number of ether oxygens (including phenoxy) is 1. The van der Waals surface area contributed by atoms with Gasteiger partial charge in [0.05, 0.1) is 30.2 Å². The highest BCUT2D eigenvalue weighted by atomic mass is 35.5. The Kier molecular flexibility index (Phi) is 4.92. The van der Waals surface area contributed by atoms with Crippen LogP contribution in [0, 0.1) is 11.6 Å². The Hall–Kier alpha value is -3.01. The minimum absolute atomic E-state index is 0.00601. The Labute approximate surface area is 188 Å². The van der Waals surface area contributed by atoms with Crippen molar-refractivity contribution in [3.05, 3.63) is 73.5 Å². The molecule has 0 saturated carbocycles. The first-order valence-corrected chi connectivity index (χ1v) is 10.2. The maximum absolute atomic E-state index is 14.1. The molecule has 1 aliphatic heterocycles. The van der Waals surface area contributed by atoms with Crippen LogP contribution in [0.25, 0.3) is 21.7 Å². The minimum atomic E-state index is -1.13. The van der Waals surface area contributed by atoms with Gasteiger partial charge in [-0.3, -0.25) is 9.59 Å². The van der Waals surface area contributed by atoms with Gasteiger partial charge in [0.2, 0.25) is 0 Å². The van der Waals surface area contributed by atoms with Crippen molar-refractivity contribution in [2.24, 2.45) is 0 Å². The number of benzene rings is 1. The molecule has 0 aliphatic carbocycles. The van der Waals surface area contributed by atoms with Crippen molar-refractivity contribution >= 4 is 50.8 Å². The summed E-state index contributed by atoms with van der Waals surface area (Å²) in [6, 6.07) is 4.28. The Morgan fingerprint density at radius 2 is 1.84 bits per heavy atom. The Morgan fingerprint density at radius 1 is 1.12 bits per heavy atom. The summed E-state index contributed by atoms with van der Waals surface area (Å²) in [5, 5.41) is 1.08. The second-order valence-electron chi connectivity index (χ2n) is 7.49. The van der Waals surface area contributed by atoms with Crippen LogP contribution in [-0.2, 0) is 11.3 Å². The van der Waals surface area contributed by atoms with Gasteiger partial charge in [-0.2, -0.15) is 0 Å². The predicted molar refractivity (Wildman–Crippen MR) is 115 cm³/mol. The van der Waals surface area contributed by atoms with Gasteiger partial charge in [0.1, 0.15) is 16.0 Å². The average Bonchev–Trinajstić information content (AvgIpc) is 3.18. The molecular weight excluding hydrogens is 465 g/mol. The number of rotatable bonds is 2. The van der Waals surface area contributed by atoms with Crippen LogP contribution in [0.15, 0.2) is 29.1 Å². The van der Waals surface area contributed by atoms with Gasteiger partial charge in [0.25, 0.3) is 11.5 Å². The lowest BCUT2D eigenvalue weighted by atomic mass is 9.95. The molecule has 4 heterocycles. The number of aromatic amines is 2. The van der Waals surface area contributed by atoms with Gasteiger partial charge >= 0.3 is 0 Å². The molecule has 0 spiro atoms. The summed E-state index contributed by atoms with van der Waals surface area (Å²) in [5.74, 6) is -2.62. The average molecular weight is 479 g/mol. The Balaban J connectivity index is 1.62. The summed E-state index contributed by atoms with van der Waals surface area (Å²) < 4.78 is 33.4. The second kappa shape index (κ2) is 7.54. The lowest BCUT2D eigenvalue weighted by Crippen LogP contribution is -2.37. The maximum Gasteiger partial charge on any atom is 0.270 e. The van der Waals surface area contributed by atoms with Gasteiger partial charge in [-0.25, -0.2) is 13.8 Å². The largest absolute Gasteiger partial charge is 0.373 e. The summed E-state index contributed by atoms with van der Waals surface area (Å²) in [4.78, 5) is 36.7. The van der Waals surface area contributed by atoms with E-state index in [1.165, 1.54) is 4.90 Å². The number of nitrogens with zero attached hydrogens (tertiary/aromatic N) is 2. The summed E-state index contributed by atoms with van der Waals surface area (Å²) in [6.45, 7) is 0.175. The number of amides is 1. The number of aromatic nitrogens is 3. The molecule has 0 radical (unpaired) electrons. The SMILES string of the molecule is CN(C(=O)c1cc2c(Cl)nc(Cl)cc2[nH]1)[C@@H]1COCc2[nH]c(=O)c3cc(F)c(F)cc3c21. The fourth-order valence-corrected chi connectivity index (χ4v) is 4.54. The minimum Gasteiger partial charge on any atom is -0.373 e. The molecule has 11 heteroatoms. The van der Waals surface area contributed by atoms with E-state index in [1.807, 2.05) is 0 Å². The summed E-state index contributed by atoms with van der Waals surface area (Å²) >= 11 is 12.1. The first kappa shape index (κ1) is 20.9. The van der Waals surface area contributed by atoms with E-state index < -0.39 is 29.1 Å². The third-order valence-electron chi connectivity index (χ3n) is 5.60. The lowest BCUT2D eigenvalue weighted by molar-refractivity contribution is 0.0333. The number of halogens is 4. The van der Waals surface area contributed by atoms with Gasteiger partial charge in [0.15, 0.2) is 11.6 Å². The number of likely N-dealkylation sites (N-methyl/N-ethyl adjacent to an activating group) is 1. The van der Waals surface area contributed by atoms with E-state index in [1.54, 1.807) is 19.2 Å². The van der Waals surface area contributed by atoms with E-state index >= 15 is 0 Å². The quantitative estimate of drug-likeness (QED) is 0.419. The molecule has 7 nitrogen and oxygen atoms in total. The van der Waals surface area contributed by atoms with E-state index in [-0.39, 0.29) is 40.0 Å². The highest BCUT2D eigenvalue weighted by Gasteiger charge is 2.32. The number of H-pyrrole nitrogens is 2. The van der Waals surface area contributed by atoms with Crippen LogP contribution in [0.4, 0.5) is 8.78 Å². The number of carbonyl (C=O) groups excluding carboxylic acids is 1. The van der Waals surface area contributed by atoms with Gasteiger partial charge in [-0.15, -0.1) is 0 Å². The van der Waals surface area contributed by atoms with E-state index in [2.05, 4.69) is 15.0 Å². The van der Waals surface area contributed by atoms with Gasteiger partial charge in [0, 0.05) is 23.7 Å². The first-order valence-electron chi connectivity index (χ1n) is 9.48. The standard InChI is InChI=1S/C21H14Cl2F2N4O3/c1-29(21(31)14-4-10-13(26-14)5-17(22)28-19(10)23)16-7-32-6-15-18(16)8-2-11(24)12(25)3-9(8)20(30)27-15/h2-5,16,26H,6-7H2,1H3,(H,27,30)/t16-/m1/s1. The molecule has 1 amide bonds. The van der Waals surface area contributed by atoms with Crippen LogP contribution in [0.5, 0.6) is 0 Å². The summed E-state index contributed by atoms with van der Waals surface area (Å²) in [5.41, 5.74) is 1.11. The third-order valence-corrected chi connectivity index (χ3v) is 6.08. The van der Waals surface area contributed by atoms with Crippen molar-refractivity contribution in [1.82, 2.24) is 19.9 Å². The zero-order chi connectivity index (χ0) is 22.7. The Morgan fingerprint density at radius 3 is 2.59 bits per heavy atom. The molecule has 1 atom stereocenters. The normalized spacial score (nSPS) is 15.8. The molecule has 0 saturated heterocycles. The maximum atomic E-state index is 14.1. The topological polar surface area (TPSA) is 91.1 Å². The monoisotopic (exact) mass is 478 g/mol. The smallest absolute Gasteiger partial charge is 0.270 e. The molecule has 1 aromatic carbocycles. The van der Waals surface area contributed by atoms with E-state index in [4.69, 9.17) is 27.9 Å². The van der Waals surface area contributed by atoms with Crippen molar-refractivity contribution in [3.63, 3.8) is 0 Å². The molecule has 164 valence electrons. The Bertz CT molecular complexity index is 1480. The highest BCUT2D eigenvalue weighted by molar-refractivity contribution is 6.36. The molecule has 5 rings (SSSR count). The van der Waals surface area contributed by atoms with E-state index in [0.29, 0.717) is 22.2 Å². The number of pyridine rings is 2. The molecule has 0 fully saturated rings. The molecule has 4 aromatic rings. The van der Waals surface area contributed by atoms with Crippen molar-refractivity contribution in [1.29, 1.82) is 0 Å². The van der Waals surface area contributed by atoms with Crippen molar-refractivity contribution < 1.29 is 18.3 Å². The molecule has 1 aliphatic rings. The van der Waals surface area contributed by atoms with Gasteiger partial charge in [-0.05, 0) is 29.7 Å². The zero-order valence-corrected chi connectivity index (χ0v) is 17.9. The van der Waals surface area contributed by atoms with Gasteiger partial charge in [-0.1, -0.05) is 23.2 Å². The molecule has 3 aromatic heterocycles. The first-order chi connectivity index (χ1) is 15.2. The van der Waals surface area contributed by atoms with Crippen LogP contribution in [0.2, 0.25) is 10.3 Å². The molecular formula is C21H14Cl2F2N4O3. The molecule has 32 heavy (non-hydrogen) atoms. The highest BCUT2D eigenvalue weighted by Crippen LogP contribution is 2.34. The summed E-state index contributed by atoms with van der Waals surface area (Å²) in [7, 11) is 1.56. The number of carbonyl (C=O) groups is 1. The van der Waals surface area contributed by atoms with Crippen molar-refractivity contribution in [2.75, 3.05) is 13.7 Å². The van der Waals surface area contributed by atoms with Crippen LogP contribution >= 0.6 is 23.2 Å².